The molecule has 1 fully saturated rings. The van der Waals surface area contributed by atoms with Crippen LogP contribution in [0.1, 0.15) is 31.2 Å². The van der Waals surface area contributed by atoms with E-state index >= 15 is 0 Å². The lowest BCUT2D eigenvalue weighted by Crippen LogP contribution is -2.36. The molecule has 2 aromatic carbocycles. The number of rotatable bonds is 6. The van der Waals surface area contributed by atoms with Crippen molar-refractivity contribution < 1.29 is 0 Å². The van der Waals surface area contributed by atoms with E-state index in [-0.39, 0.29) is 24.8 Å². The van der Waals surface area contributed by atoms with Crippen molar-refractivity contribution in [2.75, 3.05) is 11.6 Å². The highest BCUT2D eigenvalue weighted by Gasteiger charge is 2.21. The molecule has 3 nitrogen and oxygen atoms in total. The summed E-state index contributed by atoms with van der Waals surface area (Å²) in [4.78, 5) is 5.76. The molecule has 0 unspecified atom stereocenters. The highest BCUT2D eigenvalue weighted by Crippen LogP contribution is 2.28. The zero-order valence-electron chi connectivity index (χ0n) is 16.9. The minimum Gasteiger partial charge on any atom is -0.382 e. The van der Waals surface area contributed by atoms with E-state index in [0.29, 0.717) is 12.1 Å². The van der Waals surface area contributed by atoms with Crippen molar-refractivity contribution in [3.8, 4) is 0 Å². The smallest absolute Gasteiger partial charge is 0.0737 e. The van der Waals surface area contributed by atoms with Crippen molar-refractivity contribution in [1.29, 1.82) is 0 Å². The first kappa shape index (κ1) is 25.1. The maximum atomic E-state index is 6.10. The van der Waals surface area contributed by atoms with Crippen molar-refractivity contribution in [3.63, 3.8) is 0 Å². The summed E-state index contributed by atoms with van der Waals surface area (Å²) in [5.74, 6) is 0. The predicted molar refractivity (Wildman–Crippen MR) is 136 cm³/mol. The molecule has 0 spiro atoms. The molecule has 0 radical (unpaired) electrons. The van der Waals surface area contributed by atoms with Crippen LogP contribution >= 0.6 is 48.2 Å². The Kier molecular flexibility index (Phi) is 10.1. The van der Waals surface area contributed by atoms with Crippen LogP contribution in [0, 0.1) is 0 Å². The fraction of sp³-hybridized carbons (Fsp3) is 0.348. The van der Waals surface area contributed by atoms with E-state index < -0.39 is 0 Å². The molecule has 3 aromatic rings. The first-order valence-corrected chi connectivity index (χ1v) is 11.5. The van der Waals surface area contributed by atoms with E-state index in [1.165, 1.54) is 36.1 Å². The van der Waals surface area contributed by atoms with Crippen LogP contribution in [0.2, 0.25) is 5.02 Å². The number of thioether (sulfide) groups is 1. The number of nitrogens with one attached hydrogen (secondary N) is 2. The molecule has 4 rings (SSSR count). The SMILES string of the molecule is CSc1ccc(CN[C@H]2CC[C@@H](Nc3ccnc4cc(Cl)ccc34)CC2)cc1.Cl.Cl. The molecule has 7 heteroatoms. The molecular formula is C23H28Cl3N3S. The van der Waals surface area contributed by atoms with Gasteiger partial charge in [0.15, 0.2) is 0 Å². The van der Waals surface area contributed by atoms with Gasteiger partial charge in [0.05, 0.1) is 5.52 Å². The van der Waals surface area contributed by atoms with Gasteiger partial charge in [-0.1, -0.05) is 23.7 Å². The normalized spacial score (nSPS) is 18.3. The summed E-state index contributed by atoms with van der Waals surface area (Å²) in [6.07, 6.45) is 8.74. The Labute approximate surface area is 200 Å². The summed E-state index contributed by atoms with van der Waals surface area (Å²) in [6, 6.07) is 18.0. The quantitative estimate of drug-likeness (QED) is 0.371. The van der Waals surface area contributed by atoms with E-state index in [0.717, 1.165) is 28.2 Å². The van der Waals surface area contributed by atoms with E-state index in [1.54, 1.807) is 11.8 Å². The average molecular weight is 485 g/mol. The third-order valence-electron chi connectivity index (χ3n) is 5.55. The highest BCUT2D eigenvalue weighted by molar-refractivity contribution is 7.98. The third-order valence-corrected chi connectivity index (χ3v) is 6.52. The Hall–Kier alpha value is -1.17. The van der Waals surface area contributed by atoms with Gasteiger partial charge in [-0.2, -0.15) is 0 Å². The molecular weight excluding hydrogens is 457 g/mol. The molecule has 0 saturated heterocycles. The van der Waals surface area contributed by atoms with Crippen LogP contribution in [-0.2, 0) is 6.54 Å². The number of hydrogen-bond acceptors (Lipinski definition) is 4. The van der Waals surface area contributed by atoms with Crippen LogP contribution in [0.15, 0.2) is 59.6 Å². The monoisotopic (exact) mass is 483 g/mol. The molecule has 1 aliphatic carbocycles. The zero-order valence-corrected chi connectivity index (χ0v) is 20.1. The molecule has 1 saturated carbocycles. The maximum absolute atomic E-state index is 6.10. The van der Waals surface area contributed by atoms with Crippen LogP contribution in [-0.4, -0.2) is 23.3 Å². The Balaban J connectivity index is 0.00000160. The van der Waals surface area contributed by atoms with Gasteiger partial charge in [-0.15, -0.1) is 36.6 Å². The molecule has 0 amide bonds. The van der Waals surface area contributed by atoms with Gasteiger partial charge in [0.25, 0.3) is 0 Å². The molecule has 0 aliphatic heterocycles. The lowest BCUT2D eigenvalue weighted by molar-refractivity contribution is 0.353. The molecule has 30 heavy (non-hydrogen) atoms. The number of halogens is 3. The fourth-order valence-electron chi connectivity index (χ4n) is 3.91. The predicted octanol–water partition coefficient (Wildman–Crippen LogP) is 6.97. The molecule has 1 heterocycles. The lowest BCUT2D eigenvalue weighted by Gasteiger charge is -2.30. The Morgan fingerprint density at radius 2 is 1.67 bits per heavy atom. The summed E-state index contributed by atoms with van der Waals surface area (Å²) in [7, 11) is 0. The number of nitrogens with zero attached hydrogens (tertiary/aromatic N) is 1. The third kappa shape index (κ3) is 6.41. The molecule has 162 valence electrons. The van der Waals surface area contributed by atoms with Crippen LogP contribution in [0.3, 0.4) is 0 Å². The van der Waals surface area contributed by atoms with Gasteiger partial charge in [-0.05, 0) is 73.9 Å². The van der Waals surface area contributed by atoms with Gasteiger partial charge >= 0.3 is 0 Å². The van der Waals surface area contributed by atoms with Gasteiger partial charge in [-0.25, -0.2) is 0 Å². The molecule has 0 bridgehead atoms. The van der Waals surface area contributed by atoms with Crippen LogP contribution in [0.4, 0.5) is 5.69 Å². The summed E-state index contributed by atoms with van der Waals surface area (Å²) < 4.78 is 0. The number of anilines is 1. The molecule has 2 N–H and O–H groups in total. The van der Waals surface area contributed by atoms with E-state index in [9.17, 15) is 0 Å². The number of pyridine rings is 1. The standard InChI is InChI=1S/C23H26ClN3S.2ClH/c1-28-20-9-2-16(3-10-20)15-26-18-5-7-19(8-6-18)27-22-12-13-25-23-14-17(24)4-11-21(22)23;;/h2-4,9-14,18-19,26H,5-8,15H2,1H3,(H,25,27);2*1H/t18-,19+;;. The van der Waals surface area contributed by atoms with Gasteiger partial charge in [0, 0.05) is 45.8 Å². The number of fused-ring (bicyclic) bond motifs is 1. The minimum absolute atomic E-state index is 0. The van der Waals surface area contributed by atoms with Gasteiger partial charge < -0.3 is 10.6 Å². The van der Waals surface area contributed by atoms with Crippen molar-refractivity contribution in [2.24, 2.45) is 0 Å². The van der Waals surface area contributed by atoms with E-state index in [4.69, 9.17) is 11.6 Å². The largest absolute Gasteiger partial charge is 0.382 e. The van der Waals surface area contributed by atoms with Crippen molar-refractivity contribution in [2.45, 2.75) is 49.2 Å². The number of hydrogen-bond donors (Lipinski definition) is 2. The van der Waals surface area contributed by atoms with Gasteiger partial charge in [-0.3, -0.25) is 4.98 Å². The summed E-state index contributed by atoms with van der Waals surface area (Å²) in [5, 5.41) is 9.34. The average Bonchev–Trinajstić information content (AvgIpc) is 2.73. The second-order valence-corrected chi connectivity index (χ2v) is 8.76. The van der Waals surface area contributed by atoms with E-state index in [1.807, 2.05) is 18.3 Å². The lowest BCUT2D eigenvalue weighted by atomic mass is 9.90. The van der Waals surface area contributed by atoms with Gasteiger partial charge in [0.1, 0.15) is 0 Å². The van der Waals surface area contributed by atoms with Gasteiger partial charge in [0.2, 0.25) is 0 Å². The summed E-state index contributed by atoms with van der Waals surface area (Å²) in [6.45, 7) is 0.952. The van der Waals surface area contributed by atoms with Crippen molar-refractivity contribution >= 4 is 64.8 Å². The highest BCUT2D eigenvalue weighted by atomic mass is 35.5. The summed E-state index contributed by atoms with van der Waals surface area (Å²) in [5.41, 5.74) is 3.47. The first-order chi connectivity index (χ1) is 13.7. The molecule has 1 aromatic heterocycles. The first-order valence-electron chi connectivity index (χ1n) is 9.88. The second kappa shape index (κ2) is 12.0. The van der Waals surface area contributed by atoms with Crippen LogP contribution in [0.5, 0.6) is 0 Å². The maximum Gasteiger partial charge on any atom is 0.0737 e. The molecule has 1 aliphatic rings. The fourth-order valence-corrected chi connectivity index (χ4v) is 4.49. The van der Waals surface area contributed by atoms with E-state index in [2.05, 4.69) is 58.3 Å². The molecule has 0 atom stereocenters. The minimum atomic E-state index is 0. The second-order valence-electron chi connectivity index (χ2n) is 7.44. The Morgan fingerprint density at radius 1 is 0.967 bits per heavy atom. The topological polar surface area (TPSA) is 37.0 Å². The van der Waals surface area contributed by atoms with Crippen LogP contribution < -0.4 is 10.6 Å². The summed E-state index contributed by atoms with van der Waals surface area (Å²) >= 11 is 7.89. The Bertz CT molecular complexity index is 929. The number of aromatic nitrogens is 1. The van der Waals surface area contributed by atoms with Crippen molar-refractivity contribution in [1.82, 2.24) is 10.3 Å². The Morgan fingerprint density at radius 3 is 2.37 bits per heavy atom. The number of benzene rings is 2. The van der Waals surface area contributed by atoms with Crippen molar-refractivity contribution in [3.05, 3.63) is 65.3 Å². The zero-order chi connectivity index (χ0) is 19.3. The van der Waals surface area contributed by atoms with Crippen LogP contribution in [0.25, 0.3) is 10.9 Å².